The number of hydrogen-bond donors (Lipinski definition) is 2. The smallest absolute Gasteiger partial charge is 0.209 e. The standard InChI is InChI=1S/C9H9NO4S/c10-14-5-7-4-6-2-1-3-8(11)9(6)15(7,12)13/h1-4,11H,5,10H2. The van der Waals surface area contributed by atoms with Crippen LogP contribution in [0.5, 0.6) is 5.75 Å². The van der Waals surface area contributed by atoms with Crippen molar-refractivity contribution in [2.24, 2.45) is 5.90 Å². The van der Waals surface area contributed by atoms with Crippen LogP contribution in [0.15, 0.2) is 28.0 Å². The molecule has 1 aromatic rings. The van der Waals surface area contributed by atoms with E-state index in [2.05, 4.69) is 4.84 Å². The van der Waals surface area contributed by atoms with Gasteiger partial charge < -0.3 is 5.11 Å². The highest BCUT2D eigenvalue weighted by Crippen LogP contribution is 2.38. The number of rotatable bonds is 2. The van der Waals surface area contributed by atoms with Crippen LogP contribution in [-0.4, -0.2) is 20.1 Å². The minimum atomic E-state index is -3.63. The molecule has 0 spiro atoms. The van der Waals surface area contributed by atoms with E-state index in [4.69, 9.17) is 5.90 Å². The van der Waals surface area contributed by atoms with Gasteiger partial charge in [-0.25, -0.2) is 14.3 Å². The van der Waals surface area contributed by atoms with Gasteiger partial charge in [0.15, 0.2) is 0 Å². The van der Waals surface area contributed by atoms with Crippen LogP contribution in [0.1, 0.15) is 5.56 Å². The van der Waals surface area contributed by atoms with Crippen molar-refractivity contribution in [2.45, 2.75) is 4.90 Å². The number of benzene rings is 1. The molecule has 0 bridgehead atoms. The predicted molar refractivity (Wildman–Crippen MR) is 53.4 cm³/mol. The molecule has 1 aliphatic heterocycles. The first-order chi connectivity index (χ1) is 7.07. The maximum Gasteiger partial charge on any atom is 0.209 e. The largest absolute Gasteiger partial charge is 0.507 e. The molecule has 6 heteroatoms. The SMILES string of the molecule is NOCC1=Cc2cccc(O)c2S1(=O)=O. The maximum atomic E-state index is 11.8. The van der Waals surface area contributed by atoms with Gasteiger partial charge in [0.1, 0.15) is 17.3 Å². The molecule has 1 aromatic carbocycles. The molecular formula is C9H9NO4S. The fraction of sp³-hybridized carbons (Fsp3) is 0.111. The molecule has 2 rings (SSSR count). The van der Waals surface area contributed by atoms with Crippen LogP contribution in [0.2, 0.25) is 0 Å². The summed E-state index contributed by atoms with van der Waals surface area (Å²) >= 11 is 0. The Hall–Kier alpha value is -1.37. The van der Waals surface area contributed by atoms with E-state index in [0.29, 0.717) is 5.56 Å². The number of phenols is 1. The molecule has 1 aliphatic rings. The average molecular weight is 227 g/mol. The molecule has 80 valence electrons. The molecule has 0 saturated carbocycles. The number of hydrogen-bond acceptors (Lipinski definition) is 5. The molecule has 15 heavy (non-hydrogen) atoms. The van der Waals surface area contributed by atoms with Gasteiger partial charge in [-0.1, -0.05) is 12.1 Å². The Morgan fingerprint density at radius 3 is 2.73 bits per heavy atom. The molecule has 0 unspecified atom stereocenters. The summed E-state index contributed by atoms with van der Waals surface area (Å²) in [5.41, 5.74) is 0.460. The molecule has 0 amide bonds. The molecule has 0 saturated heterocycles. The van der Waals surface area contributed by atoms with Crippen LogP contribution in [0, 0.1) is 0 Å². The lowest BCUT2D eigenvalue weighted by Gasteiger charge is -2.03. The lowest BCUT2D eigenvalue weighted by Crippen LogP contribution is -2.10. The highest BCUT2D eigenvalue weighted by molar-refractivity contribution is 7.96. The summed E-state index contributed by atoms with van der Waals surface area (Å²) in [4.78, 5) is 4.29. The van der Waals surface area contributed by atoms with Crippen LogP contribution < -0.4 is 5.90 Å². The van der Waals surface area contributed by atoms with Crippen molar-refractivity contribution in [3.8, 4) is 5.75 Å². The quantitative estimate of drug-likeness (QED) is 0.714. The molecule has 0 atom stereocenters. The van der Waals surface area contributed by atoms with Crippen molar-refractivity contribution < 1.29 is 18.4 Å². The molecule has 0 radical (unpaired) electrons. The highest BCUT2D eigenvalue weighted by Gasteiger charge is 2.32. The van der Waals surface area contributed by atoms with Crippen LogP contribution in [0.25, 0.3) is 6.08 Å². The zero-order valence-corrected chi connectivity index (χ0v) is 8.49. The molecule has 5 nitrogen and oxygen atoms in total. The first kappa shape index (κ1) is 10.2. The third kappa shape index (κ3) is 1.43. The number of aromatic hydroxyl groups is 1. The van der Waals surface area contributed by atoms with Gasteiger partial charge in [0.2, 0.25) is 9.84 Å². The lowest BCUT2D eigenvalue weighted by atomic mass is 10.2. The van der Waals surface area contributed by atoms with Crippen molar-refractivity contribution in [1.29, 1.82) is 0 Å². The summed E-state index contributed by atoms with van der Waals surface area (Å²) < 4.78 is 23.7. The average Bonchev–Trinajstić information content (AvgIpc) is 2.40. The van der Waals surface area contributed by atoms with Crippen molar-refractivity contribution in [1.82, 2.24) is 0 Å². The first-order valence-corrected chi connectivity index (χ1v) is 5.65. The molecule has 0 fully saturated rings. The van der Waals surface area contributed by atoms with E-state index in [-0.39, 0.29) is 22.2 Å². The van der Waals surface area contributed by atoms with E-state index < -0.39 is 9.84 Å². The summed E-state index contributed by atoms with van der Waals surface area (Å²) in [5, 5.41) is 9.47. The van der Waals surface area contributed by atoms with E-state index in [1.165, 1.54) is 12.1 Å². The minimum absolute atomic E-state index is 0.0569. The van der Waals surface area contributed by atoms with Gasteiger partial charge in [0.25, 0.3) is 0 Å². The fourth-order valence-electron chi connectivity index (χ4n) is 1.53. The Morgan fingerprint density at radius 1 is 1.40 bits per heavy atom. The Bertz CT molecular complexity index is 533. The third-order valence-electron chi connectivity index (χ3n) is 2.18. The van der Waals surface area contributed by atoms with E-state index in [1.807, 2.05) is 0 Å². The maximum absolute atomic E-state index is 11.8. The number of nitrogens with two attached hydrogens (primary N) is 1. The normalized spacial score (nSPS) is 17.3. The molecule has 1 heterocycles. The Balaban J connectivity index is 2.64. The minimum Gasteiger partial charge on any atom is -0.507 e. The number of fused-ring (bicyclic) bond motifs is 1. The second kappa shape index (κ2) is 3.34. The summed E-state index contributed by atoms with van der Waals surface area (Å²) in [6.07, 6.45) is 1.44. The van der Waals surface area contributed by atoms with Crippen LogP contribution in [-0.2, 0) is 14.7 Å². The predicted octanol–water partition coefficient (Wildman–Crippen LogP) is 0.411. The van der Waals surface area contributed by atoms with E-state index in [0.717, 1.165) is 0 Å². The first-order valence-electron chi connectivity index (χ1n) is 4.16. The zero-order chi connectivity index (χ0) is 11.1. The van der Waals surface area contributed by atoms with Gasteiger partial charge in [-0.2, -0.15) is 0 Å². The van der Waals surface area contributed by atoms with Gasteiger partial charge >= 0.3 is 0 Å². The van der Waals surface area contributed by atoms with Crippen LogP contribution >= 0.6 is 0 Å². The summed E-state index contributed by atoms with van der Waals surface area (Å²) in [6, 6.07) is 4.51. The van der Waals surface area contributed by atoms with Crippen molar-refractivity contribution in [3.05, 3.63) is 28.7 Å². The van der Waals surface area contributed by atoms with Crippen molar-refractivity contribution in [2.75, 3.05) is 6.61 Å². The van der Waals surface area contributed by atoms with Crippen molar-refractivity contribution in [3.63, 3.8) is 0 Å². The molecule has 0 aliphatic carbocycles. The van der Waals surface area contributed by atoms with Gasteiger partial charge in [-0.3, -0.25) is 4.84 Å². The van der Waals surface area contributed by atoms with Crippen LogP contribution in [0.4, 0.5) is 0 Å². The van der Waals surface area contributed by atoms with Crippen LogP contribution in [0.3, 0.4) is 0 Å². The van der Waals surface area contributed by atoms with E-state index in [1.54, 1.807) is 12.1 Å². The van der Waals surface area contributed by atoms with E-state index in [9.17, 15) is 13.5 Å². The molecule has 3 N–H and O–H groups in total. The fourth-order valence-corrected chi connectivity index (χ4v) is 3.08. The highest BCUT2D eigenvalue weighted by atomic mass is 32.2. The van der Waals surface area contributed by atoms with Gasteiger partial charge in [0.05, 0.1) is 4.91 Å². The summed E-state index contributed by atoms with van der Waals surface area (Å²) in [7, 11) is -3.63. The van der Waals surface area contributed by atoms with E-state index >= 15 is 0 Å². The van der Waals surface area contributed by atoms with Gasteiger partial charge in [-0.15, -0.1) is 0 Å². The monoisotopic (exact) mass is 227 g/mol. The second-order valence-electron chi connectivity index (χ2n) is 3.12. The zero-order valence-electron chi connectivity index (χ0n) is 7.67. The second-order valence-corrected chi connectivity index (χ2v) is 5.06. The third-order valence-corrected chi connectivity index (χ3v) is 4.09. The molecular weight excluding hydrogens is 218 g/mol. The summed E-state index contributed by atoms with van der Waals surface area (Å²) in [5.74, 6) is 4.58. The molecule has 0 aromatic heterocycles. The Morgan fingerprint density at radius 2 is 2.13 bits per heavy atom. The number of sulfone groups is 1. The topological polar surface area (TPSA) is 89.6 Å². The number of phenolic OH excluding ortho intramolecular Hbond substituents is 1. The Kier molecular flexibility index (Phi) is 2.26. The van der Waals surface area contributed by atoms with Gasteiger partial charge in [-0.05, 0) is 17.7 Å². The lowest BCUT2D eigenvalue weighted by molar-refractivity contribution is 0.166. The Labute approximate surface area is 86.7 Å². The van der Waals surface area contributed by atoms with Gasteiger partial charge in [0, 0.05) is 0 Å². The van der Waals surface area contributed by atoms with Crippen molar-refractivity contribution >= 4 is 15.9 Å². The summed E-state index contributed by atoms with van der Waals surface area (Å²) in [6.45, 7) is -0.198.